The monoisotopic (exact) mass is 1060 g/mol. The summed E-state index contributed by atoms with van der Waals surface area (Å²) in [5.74, 6) is -8.25. The maximum absolute atomic E-state index is 14.6. The average Bonchev–Trinajstić information content (AvgIpc) is 3.40. The highest BCUT2D eigenvalue weighted by atomic mass is 16.5. The smallest absolute Gasteiger partial charge is 0.313 e. The van der Waals surface area contributed by atoms with Crippen LogP contribution in [-0.4, -0.2) is 117 Å². The molecule has 22 heteroatoms. The van der Waals surface area contributed by atoms with Crippen molar-refractivity contribution < 1.29 is 57.4 Å². The van der Waals surface area contributed by atoms with Crippen molar-refractivity contribution in [1.29, 1.82) is 0 Å². The number of methoxy groups -OCH3 is 2. The number of amides is 10. The fraction of sp³-hybridized carbons (Fsp3) is 0.481. The van der Waals surface area contributed by atoms with Crippen molar-refractivity contribution in [2.45, 2.75) is 118 Å². The van der Waals surface area contributed by atoms with Gasteiger partial charge in [-0.15, -0.1) is 0 Å². The molecule has 0 saturated heterocycles. The van der Waals surface area contributed by atoms with Gasteiger partial charge in [0.25, 0.3) is 11.8 Å². The van der Waals surface area contributed by atoms with Gasteiger partial charge in [0.2, 0.25) is 35.4 Å². The van der Waals surface area contributed by atoms with Crippen molar-refractivity contribution in [3.8, 4) is 11.5 Å². The first-order valence-corrected chi connectivity index (χ1v) is 25.3. The van der Waals surface area contributed by atoms with Crippen LogP contribution in [-0.2, 0) is 44.8 Å². The summed E-state index contributed by atoms with van der Waals surface area (Å²) in [6.07, 6.45) is 0.567. The zero-order valence-electron chi connectivity index (χ0n) is 45.3. The first-order chi connectivity index (χ1) is 36.0. The van der Waals surface area contributed by atoms with Crippen molar-refractivity contribution in [2.24, 2.45) is 23.7 Å². The largest absolute Gasteiger partial charge is 0.496 e. The lowest BCUT2D eigenvalue weighted by Gasteiger charge is -2.30. The van der Waals surface area contributed by atoms with Crippen LogP contribution in [0.5, 0.6) is 11.5 Å². The summed E-state index contributed by atoms with van der Waals surface area (Å²) in [6.45, 7) is 13.9. The molecule has 10 N–H and O–H groups in total. The van der Waals surface area contributed by atoms with Crippen LogP contribution in [0.2, 0.25) is 0 Å². The first-order valence-electron chi connectivity index (χ1n) is 25.3. The molecule has 0 aromatic heterocycles. The van der Waals surface area contributed by atoms with Crippen LogP contribution in [0.4, 0.5) is 5.69 Å². The Kier molecular flexibility index (Phi) is 25.4. The van der Waals surface area contributed by atoms with E-state index in [0.29, 0.717) is 18.4 Å². The van der Waals surface area contributed by atoms with Crippen LogP contribution in [0.3, 0.4) is 0 Å². The standard InChI is InChI=1S/C54H76N10O12/c1-12-33(8)44(52(72)60-39(27-30(2)3)48(68)55-9)62-50(70)40(28-34-19-14-13-15-20-34)59-49(69)38(58-51(71)43(31(4)5)61-46(66)36-21-16-17-23-41(36)75-10)22-18-26-56-53(73)54(74)57-35-24-25-42(76-11)37(29-35)47(67)64-63-45(65)32(6)7/h13-17,19-21,23-25,29-33,38-40,43-44H,12,18,22,26-28H2,1-11H3,(H,55,68)(H,56,73)(H,57,74)(H,58,71)(H,59,69)(H,60,72)(H,61,66)(H,62,70)(H,63,65)(H,64,67)/t33-,38-,39-,40-,43-,44-/m0/s1. The lowest BCUT2D eigenvalue weighted by molar-refractivity contribution is -0.136. The van der Waals surface area contributed by atoms with E-state index < -0.39 is 107 Å². The second kappa shape index (κ2) is 31.0. The van der Waals surface area contributed by atoms with Crippen LogP contribution in [0.1, 0.15) is 107 Å². The van der Waals surface area contributed by atoms with Crippen molar-refractivity contribution >= 4 is 64.8 Å². The Morgan fingerprint density at radius 2 is 1.14 bits per heavy atom. The number of carbonyl (C=O) groups is 10. The zero-order chi connectivity index (χ0) is 56.6. The minimum Gasteiger partial charge on any atom is -0.496 e. The SMILES string of the molecule is CC[C@H](C)[C@H](NC(=O)[C@H](Cc1ccccc1)NC(=O)[C@H](CCCNC(=O)C(=O)Nc1ccc(OC)c(C(=O)NNC(=O)C(C)C)c1)NC(=O)[C@@H](NC(=O)c1ccccc1OC)C(C)C)C(=O)N[C@@H](CC(C)C)C(=O)NC. The fourth-order valence-corrected chi connectivity index (χ4v) is 7.61. The molecule has 0 spiro atoms. The molecule has 76 heavy (non-hydrogen) atoms. The van der Waals surface area contributed by atoms with Gasteiger partial charge in [-0.2, -0.15) is 0 Å². The maximum atomic E-state index is 14.6. The molecule has 0 aliphatic heterocycles. The van der Waals surface area contributed by atoms with E-state index >= 15 is 0 Å². The zero-order valence-corrected chi connectivity index (χ0v) is 45.3. The van der Waals surface area contributed by atoms with Crippen LogP contribution in [0.25, 0.3) is 0 Å². The van der Waals surface area contributed by atoms with Crippen LogP contribution < -0.4 is 62.9 Å². The van der Waals surface area contributed by atoms with Crippen molar-refractivity contribution in [2.75, 3.05) is 33.1 Å². The molecule has 0 aliphatic carbocycles. The predicted molar refractivity (Wildman–Crippen MR) is 284 cm³/mol. The summed E-state index contributed by atoms with van der Waals surface area (Å²) in [4.78, 5) is 135. The van der Waals surface area contributed by atoms with Gasteiger partial charge in [-0.05, 0) is 72.9 Å². The van der Waals surface area contributed by atoms with E-state index in [2.05, 4.69) is 53.4 Å². The number of anilines is 1. The number of hydrogen-bond acceptors (Lipinski definition) is 12. The molecule has 0 saturated carbocycles. The van der Waals surface area contributed by atoms with Gasteiger partial charge in [0.05, 0.1) is 25.3 Å². The highest BCUT2D eigenvalue weighted by molar-refractivity contribution is 6.39. The molecular formula is C54H76N10O12. The van der Waals surface area contributed by atoms with Crippen LogP contribution in [0.15, 0.2) is 72.8 Å². The van der Waals surface area contributed by atoms with Gasteiger partial charge >= 0.3 is 11.8 Å². The Bertz CT molecular complexity index is 2500. The molecule has 10 amide bonds. The normalized spacial score (nSPS) is 13.3. The van der Waals surface area contributed by atoms with E-state index in [-0.39, 0.29) is 60.0 Å². The topological polar surface area (TPSA) is 309 Å². The molecule has 0 aliphatic rings. The highest BCUT2D eigenvalue weighted by Gasteiger charge is 2.35. The quantitative estimate of drug-likeness (QED) is 0.0299. The Morgan fingerprint density at radius 3 is 1.75 bits per heavy atom. The van der Waals surface area contributed by atoms with E-state index in [9.17, 15) is 47.9 Å². The molecular weight excluding hydrogens is 981 g/mol. The van der Waals surface area contributed by atoms with Gasteiger partial charge in [-0.25, -0.2) is 0 Å². The van der Waals surface area contributed by atoms with Crippen molar-refractivity contribution in [3.05, 3.63) is 89.5 Å². The number of nitrogens with one attached hydrogen (secondary N) is 10. The van der Waals surface area contributed by atoms with Gasteiger partial charge in [0.15, 0.2) is 0 Å². The first kappa shape index (κ1) is 62.3. The summed E-state index contributed by atoms with van der Waals surface area (Å²) in [6, 6.07) is 13.3. The third-order valence-corrected chi connectivity index (χ3v) is 12.2. The number of carbonyl (C=O) groups excluding carboxylic acids is 10. The molecule has 6 atom stereocenters. The lowest BCUT2D eigenvalue weighted by Crippen LogP contribution is -2.61. The van der Waals surface area contributed by atoms with E-state index in [4.69, 9.17) is 9.47 Å². The highest BCUT2D eigenvalue weighted by Crippen LogP contribution is 2.23. The molecule has 3 rings (SSSR count). The Balaban J connectivity index is 1.92. The van der Waals surface area contributed by atoms with Gasteiger partial charge in [0.1, 0.15) is 41.7 Å². The maximum Gasteiger partial charge on any atom is 0.313 e. The number of hydrogen-bond donors (Lipinski definition) is 10. The second-order valence-corrected chi connectivity index (χ2v) is 19.2. The molecule has 3 aromatic rings. The molecule has 0 radical (unpaired) electrons. The Labute approximate surface area is 444 Å². The Hall–Kier alpha value is -8.04. The molecule has 0 unspecified atom stereocenters. The van der Waals surface area contributed by atoms with E-state index in [0.717, 1.165) is 0 Å². The Morgan fingerprint density at radius 1 is 0.553 bits per heavy atom. The molecule has 0 fully saturated rings. The van der Waals surface area contributed by atoms with Gasteiger partial charge in [-0.3, -0.25) is 58.8 Å². The molecule has 414 valence electrons. The van der Waals surface area contributed by atoms with Gasteiger partial charge in [0, 0.05) is 31.6 Å². The van der Waals surface area contributed by atoms with Crippen molar-refractivity contribution in [1.82, 2.24) is 48.1 Å². The minimum atomic E-state index is -1.40. The van der Waals surface area contributed by atoms with E-state index in [1.54, 1.807) is 83.1 Å². The van der Waals surface area contributed by atoms with Gasteiger partial charge < -0.3 is 52.0 Å². The summed E-state index contributed by atoms with van der Waals surface area (Å²) < 4.78 is 10.6. The summed E-state index contributed by atoms with van der Waals surface area (Å²) in [7, 11) is 4.18. The summed E-state index contributed by atoms with van der Waals surface area (Å²) in [5.41, 5.74) is 5.35. The molecule has 0 heterocycles. The number of hydrazine groups is 1. The van der Waals surface area contributed by atoms with Gasteiger partial charge in [-0.1, -0.05) is 104 Å². The van der Waals surface area contributed by atoms with E-state index in [1.165, 1.54) is 45.5 Å². The second-order valence-electron chi connectivity index (χ2n) is 19.2. The number of benzene rings is 3. The fourth-order valence-electron chi connectivity index (χ4n) is 7.61. The average molecular weight is 1060 g/mol. The summed E-state index contributed by atoms with van der Waals surface area (Å²) >= 11 is 0. The number of rotatable bonds is 27. The molecule has 22 nitrogen and oxygen atoms in total. The summed E-state index contributed by atoms with van der Waals surface area (Å²) in [5, 5.41) is 21.3. The predicted octanol–water partition coefficient (Wildman–Crippen LogP) is 2.43. The third-order valence-electron chi connectivity index (χ3n) is 12.2. The van der Waals surface area contributed by atoms with E-state index in [1.807, 2.05) is 20.8 Å². The van der Waals surface area contributed by atoms with Crippen LogP contribution >= 0.6 is 0 Å². The van der Waals surface area contributed by atoms with Crippen molar-refractivity contribution in [3.63, 3.8) is 0 Å². The lowest BCUT2D eigenvalue weighted by atomic mass is 9.95. The number of likely N-dealkylation sites (N-methyl/N-ethyl adjacent to an activating group) is 1. The molecule has 0 bridgehead atoms. The third kappa shape index (κ3) is 19.3. The minimum absolute atomic E-state index is 0.0129. The molecule has 3 aromatic carbocycles. The number of para-hydroxylation sites is 1. The number of ether oxygens (including phenoxy) is 2. The van der Waals surface area contributed by atoms with Crippen LogP contribution in [0, 0.1) is 23.7 Å².